The second kappa shape index (κ2) is 2.93. The van der Waals surface area contributed by atoms with Crippen LogP contribution in [0.4, 0.5) is 0 Å². The van der Waals surface area contributed by atoms with E-state index in [0.717, 1.165) is 11.3 Å². The minimum absolute atomic E-state index is 0.745. The molecule has 2 fully saturated rings. The Bertz CT molecular complexity index is 164. The third-order valence-electron chi connectivity index (χ3n) is 3.53. The number of fused-ring (bicyclic) bond motifs is 2. The highest BCUT2D eigenvalue weighted by atomic mass is 79.9. The molecule has 0 aromatic heterocycles. The van der Waals surface area contributed by atoms with Gasteiger partial charge in [-0.15, -0.1) is 0 Å². The molecule has 2 aliphatic carbocycles. The SMILES string of the molecule is BrC=CCC12CCC(CC1)C2. The van der Waals surface area contributed by atoms with Crippen molar-refractivity contribution in [1.82, 2.24) is 0 Å². The molecule has 0 aliphatic heterocycles. The third-order valence-corrected chi connectivity index (χ3v) is 3.90. The lowest BCUT2D eigenvalue weighted by atomic mass is 9.81. The molecule has 2 rings (SSSR count). The van der Waals surface area contributed by atoms with Crippen molar-refractivity contribution >= 4 is 15.9 Å². The van der Waals surface area contributed by atoms with Crippen LogP contribution < -0.4 is 0 Å². The first-order chi connectivity index (χ1) is 5.35. The molecule has 0 aromatic rings. The third kappa shape index (κ3) is 1.40. The van der Waals surface area contributed by atoms with Crippen molar-refractivity contribution in [2.24, 2.45) is 11.3 Å². The van der Waals surface area contributed by atoms with Crippen LogP contribution >= 0.6 is 15.9 Å². The van der Waals surface area contributed by atoms with Gasteiger partial charge in [0.2, 0.25) is 0 Å². The zero-order valence-electron chi connectivity index (χ0n) is 6.85. The average Bonchev–Trinajstić information content (AvgIpc) is 2.60. The highest BCUT2D eigenvalue weighted by Crippen LogP contribution is 2.56. The normalized spacial score (nSPS) is 42.5. The first-order valence-electron chi connectivity index (χ1n) is 4.60. The zero-order chi connectivity index (χ0) is 7.73. The predicted octanol–water partition coefficient (Wildman–Crippen LogP) is 3.87. The molecule has 0 nitrogen and oxygen atoms in total. The summed E-state index contributed by atoms with van der Waals surface area (Å²) >= 11 is 3.34. The van der Waals surface area contributed by atoms with Crippen LogP contribution in [0.25, 0.3) is 0 Å². The molecule has 0 amide bonds. The topological polar surface area (TPSA) is 0 Å². The molecular formula is C10H15Br. The second-order valence-corrected chi connectivity index (χ2v) is 4.74. The number of allylic oxidation sites excluding steroid dienone is 1. The van der Waals surface area contributed by atoms with Crippen molar-refractivity contribution in [2.45, 2.75) is 38.5 Å². The molecule has 0 atom stereocenters. The highest BCUT2D eigenvalue weighted by Gasteiger charge is 2.43. The van der Waals surface area contributed by atoms with Crippen LogP contribution in [0.3, 0.4) is 0 Å². The van der Waals surface area contributed by atoms with Crippen molar-refractivity contribution in [1.29, 1.82) is 0 Å². The fourth-order valence-corrected chi connectivity index (χ4v) is 3.08. The van der Waals surface area contributed by atoms with E-state index in [-0.39, 0.29) is 0 Å². The number of hydrogen-bond acceptors (Lipinski definition) is 0. The smallest absolute Gasteiger partial charge is 0.0229 e. The Hall–Kier alpha value is 0.220. The van der Waals surface area contributed by atoms with Crippen LogP contribution in [0, 0.1) is 11.3 Å². The summed E-state index contributed by atoms with van der Waals surface area (Å²) in [6.07, 6.45) is 11.1. The summed E-state index contributed by atoms with van der Waals surface area (Å²) in [5.74, 6) is 1.10. The molecule has 0 unspecified atom stereocenters. The molecule has 0 aromatic carbocycles. The van der Waals surface area contributed by atoms with Gasteiger partial charge in [-0.1, -0.05) is 22.0 Å². The van der Waals surface area contributed by atoms with Gasteiger partial charge in [0.05, 0.1) is 0 Å². The van der Waals surface area contributed by atoms with E-state index < -0.39 is 0 Å². The van der Waals surface area contributed by atoms with Gasteiger partial charge in [0.1, 0.15) is 0 Å². The van der Waals surface area contributed by atoms with Gasteiger partial charge < -0.3 is 0 Å². The van der Waals surface area contributed by atoms with Crippen molar-refractivity contribution in [2.75, 3.05) is 0 Å². The molecule has 62 valence electrons. The van der Waals surface area contributed by atoms with Gasteiger partial charge in [-0.05, 0) is 54.8 Å². The number of hydrogen-bond donors (Lipinski definition) is 0. The Morgan fingerprint density at radius 3 is 2.55 bits per heavy atom. The van der Waals surface area contributed by atoms with Gasteiger partial charge >= 0.3 is 0 Å². The van der Waals surface area contributed by atoms with E-state index in [1.165, 1.54) is 38.5 Å². The van der Waals surface area contributed by atoms with Gasteiger partial charge in [0, 0.05) is 0 Å². The fraction of sp³-hybridized carbons (Fsp3) is 0.800. The molecule has 0 heterocycles. The van der Waals surface area contributed by atoms with E-state index in [1.54, 1.807) is 0 Å². The lowest BCUT2D eigenvalue weighted by Crippen LogP contribution is -2.11. The largest absolute Gasteiger partial charge is 0.0770 e. The summed E-state index contributed by atoms with van der Waals surface area (Å²) in [6, 6.07) is 0. The molecule has 2 bridgehead atoms. The van der Waals surface area contributed by atoms with E-state index in [9.17, 15) is 0 Å². The van der Waals surface area contributed by atoms with Crippen LogP contribution in [0.5, 0.6) is 0 Å². The van der Waals surface area contributed by atoms with Crippen LogP contribution in [-0.2, 0) is 0 Å². The number of rotatable bonds is 2. The van der Waals surface area contributed by atoms with Crippen LogP contribution in [0.15, 0.2) is 11.1 Å². The predicted molar refractivity (Wildman–Crippen MR) is 51.7 cm³/mol. The Morgan fingerprint density at radius 1 is 1.36 bits per heavy atom. The Balaban J connectivity index is 1.99. The van der Waals surface area contributed by atoms with Gasteiger partial charge in [-0.3, -0.25) is 0 Å². The van der Waals surface area contributed by atoms with Crippen molar-refractivity contribution in [3.8, 4) is 0 Å². The zero-order valence-corrected chi connectivity index (χ0v) is 8.44. The maximum Gasteiger partial charge on any atom is -0.0229 e. The Kier molecular flexibility index (Phi) is 2.09. The maximum absolute atomic E-state index is 3.34. The van der Waals surface area contributed by atoms with Crippen LogP contribution in [-0.4, -0.2) is 0 Å². The van der Waals surface area contributed by atoms with E-state index in [2.05, 4.69) is 22.0 Å². The van der Waals surface area contributed by atoms with Gasteiger partial charge in [0.25, 0.3) is 0 Å². The Morgan fingerprint density at radius 2 is 2.09 bits per heavy atom. The quantitative estimate of drug-likeness (QED) is 0.655. The summed E-state index contributed by atoms with van der Waals surface area (Å²) < 4.78 is 0. The summed E-state index contributed by atoms with van der Waals surface area (Å²) in [6.45, 7) is 0. The molecule has 1 heteroatoms. The van der Waals surface area contributed by atoms with Gasteiger partial charge in [0.15, 0.2) is 0 Å². The summed E-state index contributed by atoms with van der Waals surface area (Å²) in [5, 5.41) is 0. The maximum atomic E-state index is 3.34. The van der Waals surface area contributed by atoms with E-state index in [4.69, 9.17) is 0 Å². The monoisotopic (exact) mass is 214 g/mol. The van der Waals surface area contributed by atoms with E-state index in [0.29, 0.717) is 0 Å². The summed E-state index contributed by atoms with van der Waals surface area (Å²) in [5.41, 5.74) is 0.745. The molecule has 0 radical (unpaired) electrons. The second-order valence-electron chi connectivity index (χ2n) is 4.21. The fourth-order valence-electron chi connectivity index (χ4n) is 2.89. The lowest BCUT2D eigenvalue weighted by Gasteiger charge is -2.24. The molecule has 2 saturated carbocycles. The van der Waals surface area contributed by atoms with Crippen LogP contribution in [0.1, 0.15) is 38.5 Å². The molecule has 11 heavy (non-hydrogen) atoms. The highest BCUT2D eigenvalue weighted by molar-refractivity contribution is 9.11. The molecular weight excluding hydrogens is 200 g/mol. The molecule has 0 saturated heterocycles. The minimum Gasteiger partial charge on any atom is -0.0770 e. The first kappa shape index (κ1) is 7.85. The standard InChI is InChI=1S/C10H15Br/c11-7-1-4-10-5-2-9(8-10)3-6-10/h1,7,9H,2-6,8H2. The minimum atomic E-state index is 0.745. The number of halogens is 1. The summed E-state index contributed by atoms with van der Waals surface area (Å²) in [7, 11) is 0. The van der Waals surface area contributed by atoms with Gasteiger partial charge in [-0.25, -0.2) is 0 Å². The van der Waals surface area contributed by atoms with Gasteiger partial charge in [-0.2, -0.15) is 0 Å². The average molecular weight is 215 g/mol. The van der Waals surface area contributed by atoms with Crippen molar-refractivity contribution < 1.29 is 0 Å². The summed E-state index contributed by atoms with van der Waals surface area (Å²) in [4.78, 5) is 2.02. The Labute approximate surface area is 77.2 Å². The van der Waals surface area contributed by atoms with Crippen LogP contribution in [0.2, 0.25) is 0 Å². The molecule has 0 N–H and O–H groups in total. The van der Waals surface area contributed by atoms with E-state index >= 15 is 0 Å². The lowest BCUT2D eigenvalue weighted by molar-refractivity contribution is 0.299. The molecule has 2 aliphatic rings. The van der Waals surface area contributed by atoms with Crippen molar-refractivity contribution in [3.63, 3.8) is 0 Å². The van der Waals surface area contributed by atoms with Crippen molar-refractivity contribution in [3.05, 3.63) is 11.1 Å². The molecule has 0 spiro atoms. The van der Waals surface area contributed by atoms with E-state index in [1.807, 2.05) is 4.99 Å². The first-order valence-corrected chi connectivity index (χ1v) is 5.51.